The number of anilines is 3. The van der Waals surface area contributed by atoms with Crippen molar-refractivity contribution in [2.75, 3.05) is 10.0 Å². The zero-order chi connectivity index (χ0) is 22.0. The Morgan fingerprint density at radius 3 is 2.31 bits per heavy atom. The molecule has 0 aliphatic carbocycles. The summed E-state index contributed by atoms with van der Waals surface area (Å²) in [4.78, 5) is 18.6. The number of fused-ring (bicyclic) bond motifs is 1. The van der Waals surface area contributed by atoms with E-state index in [-0.39, 0.29) is 10.8 Å². The molecule has 0 fully saturated rings. The highest BCUT2D eigenvalue weighted by Crippen LogP contribution is 2.35. The van der Waals surface area contributed by atoms with Crippen LogP contribution in [0.4, 0.5) is 17.5 Å². The van der Waals surface area contributed by atoms with Crippen LogP contribution in [0.1, 0.15) is 0 Å². The molecule has 0 saturated carbocycles. The highest BCUT2D eigenvalue weighted by molar-refractivity contribution is 7.92. The third-order valence-electron chi connectivity index (χ3n) is 4.61. The molecule has 2 N–H and O–H groups in total. The van der Waals surface area contributed by atoms with Crippen LogP contribution in [0, 0.1) is 0 Å². The Morgan fingerprint density at radius 1 is 0.812 bits per heavy atom. The lowest BCUT2D eigenvalue weighted by Gasteiger charge is -2.09. The molecule has 2 aromatic carbocycles. The Morgan fingerprint density at radius 2 is 1.56 bits per heavy atom. The van der Waals surface area contributed by atoms with Crippen LogP contribution in [0.15, 0.2) is 90.3 Å². The van der Waals surface area contributed by atoms with Crippen LogP contribution in [-0.4, -0.2) is 28.4 Å². The van der Waals surface area contributed by atoms with E-state index in [4.69, 9.17) is 0 Å². The van der Waals surface area contributed by atoms with Crippen molar-refractivity contribution in [1.29, 1.82) is 0 Å². The number of benzene rings is 2. The van der Waals surface area contributed by atoms with E-state index in [0.29, 0.717) is 11.5 Å². The van der Waals surface area contributed by atoms with E-state index in [9.17, 15) is 8.42 Å². The predicted molar refractivity (Wildman–Crippen MR) is 125 cm³/mol. The van der Waals surface area contributed by atoms with Gasteiger partial charge in [0.05, 0.1) is 10.3 Å². The molecule has 32 heavy (non-hydrogen) atoms. The summed E-state index contributed by atoms with van der Waals surface area (Å²) >= 11 is 1.59. The molecule has 5 aromatic rings. The van der Waals surface area contributed by atoms with Gasteiger partial charge >= 0.3 is 0 Å². The third kappa shape index (κ3) is 4.13. The van der Waals surface area contributed by atoms with Crippen LogP contribution < -0.4 is 10.0 Å². The highest BCUT2D eigenvalue weighted by Gasteiger charge is 2.16. The van der Waals surface area contributed by atoms with Gasteiger partial charge in [0.25, 0.3) is 10.0 Å². The van der Waals surface area contributed by atoms with Crippen molar-refractivity contribution >= 4 is 49.0 Å². The smallest absolute Gasteiger partial charge is 0.264 e. The SMILES string of the molecule is O=S(=O)(Nc1ncccn1)c1ccc(Nc2ncnc3sc(-c4ccccc4)cc23)cc1. The van der Waals surface area contributed by atoms with Gasteiger partial charge in [0.15, 0.2) is 0 Å². The largest absolute Gasteiger partial charge is 0.340 e. The van der Waals surface area contributed by atoms with Gasteiger partial charge in [-0.15, -0.1) is 11.3 Å². The Kier molecular flexibility index (Phi) is 5.21. The molecule has 0 bridgehead atoms. The van der Waals surface area contributed by atoms with Gasteiger partial charge in [0, 0.05) is 23.0 Å². The van der Waals surface area contributed by atoms with E-state index in [2.05, 4.69) is 48.2 Å². The van der Waals surface area contributed by atoms with Crippen molar-refractivity contribution in [1.82, 2.24) is 19.9 Å². The lowest BCUT2D eigenvalue weighted by molar-refractivity contribution is 0.601. The van der Waals surface area contributed by atoms with Gasteiger partial charge in [-0.3, -0.25) is 0 Å². The molecule has 158 valence electrons. The van der Waals surface area contributed by atoms with Crippen LogP contribution in [0.5, 0.6) is 0 Å². The number of hydrogen-bond donors (Lipinski definition) is 2. The number of thiophene rings is 1. The number of rotatable bonds is 6. The average Bonchev–Trinajstić information content (AvgIpc) is 3.26. The van der Waals surface area contributed by atoms with Gasteiger partial charge in [-0.05, 0) is 42.0 Å². The van der Waals surface area contributed by atoms with Gasteiger partial charge in [-0.25, -0.2) is 33.1 Å². The molecule has 0 unspecified atom stereocenters. The van der Waals surface area contributed by atoms with Crippen LogP contribution in [0.2, 0.25) is 0 Å². The fourth-order valence-corrected chi connectivity index (χ4v) is 5.05. The summed E-state index contributed by atoms with van der Waals surface area (Å²) in [5.74, 6) is 0.671. The number of hydrogen-bond acceptors (Lipinski definition) is 8. The molecule has 0 saturated heterocycles. The monoisotopic (exact) mass is 460 g/mol. The molecule has 0 aliphatic heterocycles. The van der Waals surface area contributed by atoms with Crippen molar-refractivity contribution in [3.8, 4) is 10.4 Å². The van der Waals surface area contributed by atoms with Crippen molar-refractivity contribution in [2.45, 2.75) is 4.90 Å². The molecule has 0 aliphatic rings. The van der Waals surface area contributed by atoms with E-state index < -0.39 is 10.0 Å². The zero-order valence-electron chi connectivity index (χ0n) is 16.5. The molecule has 0 amide bonds. The summed E-state index contributed by atoms with van der Waals surface area (Å²) in [5.41, 5.74) is 1.82. The predicted octanol–water partition coefficient (Wildman–Crippen LogP) is 4.69. The summed E-state index contributed by atoms with van der Waals surface area (Å²) in [5, 5.41) is 4.15. The topological polar surface area (TPSA) is 110 Å². The molecule has 5 rings (SSSR count). The fraction of sp³-hybridized carbons (Fsp3) is 0. The van der Waals surface area contributed by atoms with Crippen LogP contribution in [0.25, 0.3) is 20.7 Å². The third-order valence-corrected chi connectivity index (χ3v) is 7.04. The van der Waals surface area contributed by atoms with Crippen molar-refractivity contribution < 1.29 is 8.42 Å². The second-order valence-electron chi connectivity index (χ2n) is 6.75. The fourth-order valence-electron chi connectivity index (χ4n) is 3.08. The molecule has 0 radical (unpaired) electrons. The van der Waals surface area contributed by atoms with Crippen LogP contribution in [-0.2, 0) is 10.0 Å². The first kappa shape index (κ1) is 20.0. The molecular weight excluding hydrogens is 444 g/mol. The number of nitrogens with one attached hydrogen (secondary N) is 2. The Labute approximate surface area is 188 Å². The average molecular weight is 461 g/mol. The molecule has 8 nitrogen and oxygen atoms in total. The molecule has 3 heterocycles. The summed E-state index contributed by atoms with van der Waals surface area (Å²) in [6.45, 7) is 0. The maximum atomic E-state index is 12.6. The maximum Gasteiger partial charge on any atom is 0.264 e. The Bertz CT molecular complexity index is 1470. The lowest BCUT2D eigenvalue weighted by atomic mass is 10.2. The second-order valence-corrected chi connectivity index (χ2v) is 9.46. The van der Waals surface area contributed by atoms with Crippen molar-refractivity contribution in [3.05, 3.63) is 85.5 Å². The molecule has 3 aromatic heterocycles. The van der Waals surface area contributed by atoms with Crippen LogP contribution >= 0.6 is 11.3 Å². The van der Waals surface area contributed by atoms with Crippen molar-refractivity contribution in [2.24, 2.45) is 0 Å². The van der Waals surface area contributed by atoms with E-state index in [0.717, 1.165) is 20.7 Å². The van der Waals surface area contributed by atoms with Gasteiger partial charge < -0.3 is 5.32 Å². The summed E-state index contributed by atoms with van der Waals surface area (Å²) in [6.07, 6.45) is 4.44. The normalized spacial score (nSPS) is 11.4. The van der Waals surface area contributed by atoms with E-state index in [1.807, 2.05) is 18.2 Å². The maximum absolute atomic E-state index is 12.6. The standard InChI is InChI=1S/C22H16N6O2S2/c29-32(30,28-22-23-11-4-12-24-22)17-9-7-16(8-10-17)27-20-18-13-19(15-5-2-1-3-6-15)31-21(18)26-14-25-20/h1-14H,(H,23,24,28)(H,25,26,27). The van der Waals surface area contributed by atoms with Crippen molar-refractivity contribution in [3.63, 3.8) is 0 Å². The molecule has 10 heteroatoms. The van der Waals surface area contributed by atoms with Gasteiger partial charge in [0.1, 0.15) is 17.0 Å². The highest BCUT2D eigenvalue weighted by atomic mass is 32.2. The molecular formula is C22H16N6O2S2. The minimum atomic E-state index is -3.79. The quantitative estimate of drug-likeness (QED) is 0.378. The first-order valence-corrected chi connectivity index (χ1v) is 11.9. The van der Waals surface area contributed by atoms with Gasteiger partial charge in [-0.1, -0.05) is 30.3 Å². The van der Waals surface area contributed by atoms with Gasteiger partial charge in [0.2, 0.25) is 5.95 Å². The first-order chi connectivity index (χ1) is 15.6. The first-order valence-electron chi connectivity index (χ1n) is 9.55. The van der Waals surface area contributed by atoms with Gasteiger partial charge in [-0.2, -0.15) is 0 Å². The molecule has 0 spiro atoms. The summed E-state index contributed by atoms with van der Waals surface area (Å²) in [6, 6.07) is 20.1. The Hall–Kier alpha value is -3.89. The minimum Gasteiger partial charge on any atom is -0.340 e. The van der Waals surface area contributed by atoms with E-state index >= 15 is 0 Å². The van der Waals surface area contributed by atoms with Crippen LogP contribution in [0.3, 0.4) is 0 Å². The Balaban J connectivity index is 1.39. The number of aromatic nitrogens is 4. The number of nitrogens with zero attached hydrogens (tertiary/aromatic N) is 4. The molecule has 0 atom stereocenters. The minimum absolute atomic E-state index is 0.0183. The van der Waals surface area contributed by atoms with E-state index in [1.165, 1.54) is 30.9 Å². The second kappa shape index (κ2) is 8.33. The van der Waals surface area contributed by atoms with E-state index in [1.54, 1.807) is 29.5 Å². The lowest BCUT2D eigenvalue weighted by Crippen LogP contribution is -2.14. The zero-order valence-corrected chi connectivity index (χ0v) is 18.1. The number of sulfonamides is 1. The summed E-state index contributed by atoms with van der Waals surface area (Å²) in [7, 11) is -3.79. The summed E-state index contributed by atoms with van der Waals surface area (Å²) < 4.78 is 27.5.